The molecule has 1 saturated heterocycles. The predicted molar refractivity (Wildman–Crippen MR) is 75.8 cm³/mol. The Morgan fingerprint density at radius 3 is 3.00 bits per heavy atom. The fourth-order valence-corrected chi connectivity index (χ4v) is 4.93. The first-order valence-corrected chi connectivity index (χ1v) is 7.80. The Labute approximate surface area is 110 Å². The Morgan fingerprint density at radius 2 is 2.29 bits per heavy atom. The number of Topliss-reactive ketones (excluding diaryl/α,β-unsaturated/α-hetero) is 1. The number of hydrogen-bond acceptors (Lipinski definition) is 5. The summed E-state index contributed by atoms with van der Waals surface area (Å²) in [5, 5.41) is 0.436. The highest BCUT2D eigenvalue weighted by Gasteiger charge is 2.32. The van der Waals surface area contributed by atoms with Crippen molar-refractivity contribution in [3.63, 3.8) is 0 Å². The Morgan fingerprint density at radius 1 is 1.53 bits per heavy atom. The van der Waals surface area contributed by atoms with Crippen LogP contribution in [0.25, 0.3) is 0 Å². The number of hydrogen-bond donors (Lipinski definition) is 1. The number of nitrogens with zero attached hydrogens (tertiary/aromatic N) is 1. The summed E-state index contributed by atoms with van der Waals surface area (Å²) >= 11 is 3.65. The lowest BCUT2D eigenvalue weighted by molar-refractivity contribution is 0.0988. The molecule has 92 valence electrons. The molecule has 1 aliphatic rings. The zero-order chi connectivity index (χ0) is 12.3. The van der Waals surface area contributed by atoms with E-state index in [1.807, 2.05) is 11.8 Å². The molecule has 1 aromatic heterocycles. The SMILES string of the molecule is CCC1SCCSC1C(=O)c1cnccc1N. The van der Waals surface area contributed by atoms with Crippen LogP contribution >= 0.6 is 23.5 Å². The van der Waals surface area contributed by atoms with Gasteiger partial charge in [0.2, 0.25) is 0 Å². The van der Waals surface area contributed by atoms with E-state index in [-0.39, 0.29) is 11.0 Å². The van der Waals surface area contributed by atoms with Crippen LogP contribution in [0.5, 0.6) is 0 Å². The van der Waals surface area contributed by atoms with E-state index >= 15 is 0 Å². The number of nitrogen functional groups attached to an aromatic ring is 1. The molecule has 0 amide bonds. The third kappa shape index (κ3) is 2.77. The second-order valence-corrected chi connectivity index (χ2v) is 6.53. The Bertz CT molecular complexity index is 411. The van der Waals surface area contributed by atoms with Crippen LogP contribution in [-0.4, -0.2) is 32.8 Å². The number of anilines is 1. The molecule has 0 aromatic carbocycles. The van der Waals surface area contributed by atoms with Crippen molar-refractivity contribution < 1.29 is 4.79 Å². The fourth-order valence-electron chi connectivity index (χ4n) is 1.91. The first-order valence-electron chi connectivity index (χ1n) is 5.71. The molecular weight excluding hydrogens is 252 g/mol. The summed E-state index contributed by atoms with van der Waals surface area (Å²) in [6, 6.07) is 1.69. The third-order valence-corrected chi connectivity index (χ3v) is 6.08. The third-order valence-electron chi connectivity index (χ3n) is 2.83. The smallest absolute Gasteiger partial charge is 0.180 e. The molecule has 0 saturated carbocycles. The highest BCUT2D eigenvalue weighted by molar-refractivity contribution is 8.07. The molecule has 5 heteroatoms. The van der Waals surface area contributed by atoms with Gasteiger partial charge in [0.05, 0.1) is 10.8 Å². The van der Waals surface area contributed by atoms with Gasteiger partial charge in [-0.3, -0.25) is 9.78 Å². The molecule has 17 heavy (non-hydrogen) atoms. The van der Waals surface area contributed by atoms with Crippen molar-refractivity contribution in [2.45, 2.75) is 23.8 Å². The van der Waals surface area contributed by atoms with Crippen LogP contribution in [-0.2, 0) is 0 Å². The second kappa shape index (κ2) is 5.78. The van der Waals surface area contributed by atoms with Crippen molar-refractivity contribution in [2.75, 3.05) is 17.2 Å². The minimum atomic E-state index is 0.0326. The summed E-state index contributed by atoms with van der Waals surface area (Å²) in [5.41, 5.74) is 6.95. The number of carbonyl (C=O) groups excluding carboxylic acids is 1. The molecule has 0 spiro atoms. The largest absolute Gasteiger partial charge is 0.398 e. The Balaban J connectivity index is 2.21. The second-order valence-electron chi connectivity index (χ2n) is 3.94. The molecule has 2 heterocycles. The van der Waals surface area contributed by atoms with E-state index in [9.17, 15) is 4.79 Å². The number of rotatable bonds is 3. The summed E-state index contributed by atoms with van der Waals surface area (Å²) in [7, 11) is 0. The van der Waals surface area contributed by atoms with Gasteiger partial charge in [-0.05, 0) is 12.5 Å². The van der Waals surface area contributed by atoms with Crippen LogP contribution in [0.2, 0.25) is 0 Å². The summed E-state index contributed by atoms with van der Waals surface area (Å²) in [4.78, 5) is 16.4. The van der Waals surface area contributed by atoms with Gasteiger partial charge in [-0.1, -0.05) is 6.92 Å². The van der Waals surface area contributed by atoms with Crippen LogP contribution in [0.4, 0.5) is 5.69 Å². The summed E-state index contributed by atoms with van der Waals surface area (Å²) in [5.74, 6) is 2.31. The predicted octanol–water partition coefficient (Wildman–Crippen LogP) is 2.47. The highest BCUT2D eigenvalue weighted by Crippen LogP contribution is 2.35. The molecule has 1 fully saturated rings. The quantitative estimate of drug-likeness (QED) is 0.853. The first kappa shape index (κ1) is 12.8. The van der Waals surface area contributed by atoms with E-state index in [1.165, 1.54) is 0 Å². The number of carbonyl (C=O) groups is 1. The molecule has 0 aliphatic carbocycles. The van der Waals surface area contributed by atoms with Gasteiger partial charge in [0, 0.05) is 34.8 Å². The van der Waals surface area contributed by atoms with E-state index in [0.717, 1.165) is 17.9 Å². The first-order chi connectivity index (χ1) is 8.24. The average molecular weight is 268 g/mol. The maximum atomic E-state index is 12.4. The molecule has 1 aliphatic heterocycles. The van der Waals surface area contributed by atoms with Gasteiger partial charge >= 0.3 is 0 Å². The average Bonchev–Trinajstić information content (AvgIpc) is 2.38. The van der Waals surface area contributed by atoms with Crippen molar-refractivity contribution in [1.29, 1.82) is 0 Å². The van der Waals surface area contributed by atoms with Crippen LogP contribution < -0.4 is 5.73 Å². The van der Waals surface area contributed by atoms with Gasteiger partial charge in [0.15, 0.2) is 5.78 Å². The van der Waals surface area contributed by atoms with Crippen molar-refractivity contribution in [3.8, 4) is 0 Å². The van der Waals surface area contributed by atoms with Crippen molar-refractivity contribution in [3.05, 3.63) is 24.0 Å². The highest BCUT2D eigenvalue weighted by atomic mass is 32.2. The molecule has 3 nitrogen and oxygen atoms in total. The molecule has 2 rings (SSSR count). The van der Waals surface area contributed by atoms with E-state index in [4.69, 9.17) is 5.73 Å². The normalized spacial score (nSPS) is 24.5. The monoisotopic (exact) mass is 268 g/mol. The van der Waals surface area contributed by atoms with Crippen molar-refractivity contribution >= 4 is 35.0 Å². The molecule has 2 unspecified atom stereocenters. The zero-order valence-corrected chi connectivity index (χ0v) is 11.4. The van der Waals surface area contributed by atoms with E-state index in [2.05, 4.69) is 11.9 Å². The van der Waals surface area contributed by atoms with Gasteiger partial charge in [0.25, 0.3) is 0 Å². The Kier molecular flexibility index (Phi) is 4.34. The lowest BCUT2D eigenvalue weighted by Gasteiger charge is -2.28. The van der Waals surface area contributed by atoms with Crippen LogP contribution in [0.3, 0.4) is 0 Å². The molecule has 1 aromatic rings. The number of thioether (sulfide) groups is 2. The van der Waals surface area contributed by atoms with Crippen molar-refractivity contribution in [2.24, 2.45) is 0 Å². The summed E-state index contributed by atoms with van der Waals surface area (Å²) in [6.07, 6.45) is 4.23. The maximum absolute atomic E-state index is 12.4. The molecule has 2 N–H and O–H groups in total. The van der Waals surface area contributed by atoms with Crippen LogP contribution in [0.1, 0.15) is 23.7 Å². The Hall–Kier alpha value is -0.680. The van der Waals surface area contributed by atoms with Gasteiger partial charge in [-0.2, -0.15) is 11.8 Å². The number of aromatic nitrogens is 1. The lowest BCUT2D eigenvalue weighted by Crippen LogP contribution is -2.33. The standard InChI is InChI=1S/C12H16N2OS2/c1-2-10-12(17-6-5-16-10)11(15)8-7-14-4-3-9(8)13/h3-4,7,10,12H,2,5-6H2,1H3,(H2,13,14). The van der Waals surface area contributed by atoms with Crippen molar-refractivity contribution in [1.82, 2.24) is 4.98 Å². The minimum Gasteiger partial charge on any atom is -0.398 e. The molecule has 0 bridgehead atoms. The number of ketones is 1. The van der Waals surface area contributed by atoms with Gasteiger partial charge in [-0.15, -0.1) is 11.8 Å². The molecule has 0 radical (unpaired) electrons. The lowest BCUT2D eigenvalue weighted by atomic mass is 10.1. The molecular formula is C12H16N2OS2. The van der Waals surface area contributed by atoms with Gasteiger partial charge < -0.3 is 5.73 Å². The van der Waals surface area contributed by atoms with Crippen LogP contribution in [0.15, 0.2) is 18.5 Å². The number of nitrogens with two attached hydrogens (primary N) is 1. The van der Waals surface area contributed by atoms with E-state index in [0.29, 0.717) is 16.5 Å². The maximum Gasteiger partial charge on any atom is 0.180 e. The van der Waals surface area contributed by atoms with E-state index < -0.39 is 0 Å². The zero-order valence-electron chi connectivity index (χ0n) is 9.76. The minimum absolute atomic E-state index is 0.0326. The van der Waals surface area contributed by atoms with Gasteiger partial charge in [-0.25, -0.2) is 0 Å². The van der Waals surface area contributed by atoms with Crippen LogP contribution in [0, 0.1) is 0 Å². The summed E-state index contributed by atoms with van der Waals surface area (Å²) < 4.78 is 0. The molecule has 2 atom stereocenters. The number of pyridine rings is 1. The van der Waals surface area contributed by atoms with E-state index in [1.54, 1.807) is 30.2 Å². The fraction of sp³-hybridized carbons (Fsp3) is 0.500. The topological polar surface area (TPSA) is 56.0 Å². The van der Waals surface area contributed by atoms with Gasteiger partial charge in [0.1, 0.15) is 0 Å². The summed E-state index contributed by atoms with van der Waals surface area (Å²) in [6.45, 7) is 2.14.